The highest BCUT2D eigenvalue weighted by atomic mass is 16.2. The lowest BCUT2D eigenvalue weighted by Gasteiger charge is -2.25. The van der Waals surface area contributed by atoms with Gasteiger partial charge in [0.05, 0.1) is 29.8 Å². The van der Waals surface area contributed by atoms with Crippen LogP contribution in [0, 0.1) is 0 Å². The molecule has 3 amide bonds. The molecule has 0 bridgehead atoms. The van der Waals surface area contributed by atoms with Gasteiger partial charge >= 0.3 is 0 Å². The van der Waals surface area contributed by atoms with E-state index in [9.17, 15) is 14.4 Å². The highest BCUT2D eigenvalue weighted by Gasteiger charge is 2.35. The van der Waals surface area contributed by atoms with E-state index in [-0.39, 0.29) is 24.3 Å². The van der Waals surface area contributed by atoms with Crippen molar-refractivity contribution < 1.29 is 14.4 Å². The second-order valence-corrected chi connectivity index (χ2v) is 6.88. The summed E-state index contributed by atoms with van der Waals surface area (Å²) in [5, 5.41) is 14.0. The number of carbonyl (C=O) groups excluding carboxylic acids is 3. The van der Waals surface area contributed by atoms with E-state index in [4.69, 9.17) is 5.73 Å². The monoisotopic (exact) mass is 393 g/mol. The number of hydrogen-bond acceptors (Lipinski definition) is 7. The first-order valence-corrected chi connectivity index (χ1v) is 9.12. The molecule has 3 aromatic rings. The molecule has 1 aromatic carbocycles. The Hall–Kier alpha value is -3.66. The van der Waals surface area contributed by atoms with Gasteiger partial charge in [0.1, 0.15) is 5.69 Å². The van der Waals surface area contributed by atoms with Crippen LogP contribution in [0.25, 0.3) is 10.8 Å². The molecule has 4 N–H and O–H groups in total. The Kier molecular flexibility index (Phi) is 4.77. The largest absolute Gasteiger partial charge is 0.318 e. The third-order valence-electron chi connectivity index (χ3n) is 5.13. The predicted octanol–water partition coefficient (Wildman–Crippen LogP) is 0.802. The molecule has 1 aliphatic rings. The summed E-state index contributed by atoms with van der Waals surface area (Å²) < 4.78 is 0. The van der Waals surface area contributed by atoms with E-state index < -0.39 is 6.04 Å². The summed E-state index contributed by atoms with van der Waals surface area (Å²) in [4.78, 5) is 41.2. The van der Waals surface area contributed by atoms with Crippen molar-refractivity contribution in [1.29, 1.82) is 0 Å². The maximum absolute atomic E-state index is 13.1. The van der Waals surface area contributed by atoms with E-state index in [0.717, 1.165) is 10.8 Å². The number of aromatic amines is 1. The zero-order valence-electron chi connectivity index (χ0n) is 15.6. The van der Waals surface area contributed by atoms with Crippen LogP contribution in [0.5, 0.6) is 0 Å². The minimum atomic E-state index is -0.591. The van der Waals surface area contributed by atoms with Gasteiger partial charge in [0.25, 0.3) is 5.91 Å². The number of pyridine rings is 1. The molecule has 0 saturated heterocycles. The molecule has 0 spiro atoms. The molecule has 0 aliphatic carbocycles. The second kappa shape index (κ2) is 7.40. The predicted molar refractivity (Wildman–Crippen MR) is 104 cm³/mol. The number of aromatic nitrogens is 4. The van der Waals surface area contributed by atoms with Gasteiger partial charge in [-0.1, -0.05) is 12.1 Å². The van der Waals surface area contributed by atoms with Crippen molar-refractivity contribution >= 4 is 34.7 Å². The molecule has 2 aromatic heterocycles. The quantitative estimate of drug-likeness (QED) is 0.503. The van der Waals surface area contributed by atoms with Crippen LogP contribution < -0.4 is 16.0 Å². The molecule has 0 radical (unpaired) electrons. The lowest BCUT2D eigenvalue weighted by atomic mass is 10.0. The van der Waals surface area contributed by atoms with Crippen LogP contribution in [0.4, 0.5) is 5.69 Å². The fourth-order valence-corrected chi connectivity index (χ4v) is 3.70. The Morgan fingerprint density at radius 3 is 2.93 bits per heavy atom. The Morgan fingerprint density at radius 1 is 1.38 bits per heavy atom. The molecule has 1 aliphatic heterocycles. The molecular weight excluding hydrogens is 374 g/mol. The van der Waals surface area contributed by atoms with E-state index >= 15 is 0 Å². The van der Waals surface area contributed by atoms with Gasteiger partial charge in [0.2, 0.25) is 12.3 Å². The molecule has 0 fully saturated rings. The third-order valence-corrected chi connectivity index (χ3v) is 5.13. The number of nitrogens with two attached hydrogens (primary N) is 1. The van der Waals surface area contributed by atoms with Crippen molar-refractivity contribution in [2.45, 2.75) is 31.8 Å². The Bertz CT molecular complexity index is 1100. The first-order valence-electron chi connectivity index (χ1n) is 9.12. The van der Waals surface area contributed by atoms with Crippen LogP contribution in [-0.2, 0) is 9.59 Å². The topological polar surface area (TPSA) is 147 Å². The van der Waals surface area contributed by atoms with Crippen molar-refractivity contribution in [2.75, 3.05) is 4.90 Å². The first kappa shape index (κ1) is 18.7. The minimum absolute atomic E-state index is 0.131. The standard InChI is InChI=1S/C19H19N7O3/c1-10(5-6-15(28)22-9-27)26-14-8-21-18(17(20)13-7-23-25-24-13)11-3-2-4-12(16(11)14)19(26)29/h2-4,7-10,17H,5-6,20H2,1H3,(H,22,27,28)(H,23,24,25). The maximum atomic E-state index is 13.1. The highest BCUT2D eigenvalue weighted by Crippen LogP contribution is 2.40. The second-order valence-electron chi connectivity index (χ2n) is 6.88. The van der Waals surface area contributed by atoms with Gasteiger partial charge in [-0.25, -0.2) is 0 Å². The van der Waals surface area contributed by atoms with E-state index in [2.05, 4.69) is 25.7 Å². The molecule has 2 unspecified atom stereocenters. The van der Waals surface area contributed by atoms with Crippen LogP contribution in [0.1, 0.15) is 47.6 Å². The van der Waals surface area contributed by atoms with Crippen molar-refractivity contribution in [1.82, 2.24) is 25.7 Å². The number of anilines is 1. The number of nitrogens with one attached hydrogen (secondary N) is 2. The Balaban J connectivity index is 1.71. The van der Waals surface area contributed by atoms with E-state index in [1.54, 1.807) is 29.4 Å². The van der Waals surface area contributed by atoms with Crippen LogP contribution in [0.15, 0.2) is 30.6 Å². The number of hydrogen-bond donors (Lipinski definition) is 3. The smallest absolute Gasteiger partial charge is 0.259 e. The van der Waals surface area contributed by atoms with E-state index in [0.29, 0.717) is 35.5 Å². The average molecular weight is 393 g/mol. The van der Waals surface area contributed by atoms with Gasteiger partial charge < -0.3 is 10.6 Å². The zero-order valence-corrected chi connectivity index (χ0v) is 15.6. The summed E-state index contributed by atoms with van der Waals surface area (Å²) in [6.45, 7) is 1.86. The summed E-state index contributed by atoms with van der Waals surface area (Å²) in [6, 6.07) is 4.60. The summed E-state index contributed by atoms with van der Waals surface area (Å²) in [5.74, 6) is -0.531. The van der Waals surface area contributed by atoms with Gasteiger partial charge in [-0.05, 0) is 19.4 Å². The molecule has 3 heterocycles. The fraction of sp³-hybridized carbons (Fsp3) is 0.263. The molecule has 10 heteroatoms. The van der Waals surface area contributed by atoms with Crippen molar-refractivity contribution in [3.8, 4) is 0 Å². The Morgan fingerprint density at radius 2 is 2.21 bits per heavy atom. The number of rotatable bonds is 7. The molecule has 4 rings (SSSR count). The third kappa shape index (κ3) is 3.13. The van der Waals surface area contributed by atoms with E-state index in [1.165, 1.54) is 0 Å². The van der Waals surface area contributed by atoms with Crippen LogP contribution in [0.3, 0.4) is 0 Å². The van der Waals surface area contributed by atoms with E-state index in [1.807, 2.05) is 13.0 Å². The first-order chi connectivity index (χ1) is 14.0. The molecule has 10 nitrogen and oxygen atoms in total. The van der Waals surface area contributed by atoms with Gasteiger partial charge in [0, 0.05) is 28.8 Å². The molecule has 0 saturated carbocycles. The Labute approximate surface area is 165 Å². The molecule has 148 valence electrons. The fourth-order valence-electron chi connectivity index (χ4n) is 3.70. The number of amides is 3. The van der Waals surface area contributed by atoms with Gasteiger partial charge in [-0.2, -0.15) is 15.4 Å². The summed E-state index contributed by atoms with van der Waals surface area (Å²) in [7, 11) is 0. The number of nitrogens with zero attached hydrogens (tertiary/aromatic N) is 4. The lowest BCUT2D eigenvalue weighted by molar-refractivity contribution is -0.125. The number of H-pyrrole nitrogens is 1. The molecular formula is C19H19N7O3. The lowest BCUT2D eigenvalue weighted by Crippen LogP contribution is -2.37. The number of benzene rings is 1. The van der Waals surface area contributed by atoms with Gasteiger partial charge in [-0.15, -0.1) is 0 Å². The normalized spacial score (nSPS) is 14.8. The maximum Gasteiger partial charge on any atom is 0.259 e. The van der Waals surface area contributed by atoms with Crippen LogP contribution in [0.2, 0.25) is 0 Å². The van der Waals surface area contributed by atoms with Crippen LogP contribution >= 0.6 is 0 Å². The zero-order chi connectivity index (χ0) is 20.5. The average Bonchev–Trinajstić information content (AvgIpc) is 3.35. The van der Waals surface area contributed by atoms with Crippen molar-refractivity contribution in [2.24, 2.45) is 5.73 Å². The SMILES string of the molecule is CC(CCC(=O)NC=O)N1C(=O)c2cccc3c(C(N)c4cn[nH]n4)ncc1c23. The summed E-state index contributed by atoms with van der Waals surface area (Å²) >= 11 is 0. The minimum Gasteiger partial charge on any atom is -0.318 e. The molecule has 2 atom stereocenters. The summed E-state index contributed by atoms with van der Waals surface area (Å²) in [6.07, 6.45) is 4.06. The van der Waals surface area contributed by atoms with Crippen molar-refractivity contribution in [3.63, 3.8) is 0 Å². The van der Waals surface area contributed by atoms with Gasteiger partial charge in [0.15, 0.2) is 0 Å². The number of carbonyl (C=O) groups is 3. The molecule has 29 heavy (non-hydrogen) atoms. The summed E-state index contributed by atoms with van der Waals surface area (Å²) in [5.41, 5.74) is 8.73. The van der Waals surface area contributed by atoms with Crippen LogP contribution in [-0.4, -0.2) is 44.7 Å². The van der Waals surface area contributed by atoms with Crippen molar-refractivity contribution in [3.05, 3.63) is 47.5 Å². The van der Waals surface area contributed by atoms with Gasteiger partial charge in [-0.3, -0.25) is 24.7 Å². The highest BCUT2D eigenvalue weighted by molar-refractivity contribution is 6.25. The number of imide groups is 1.